The molecule has 2 heterocycles. The highest BCUT2D eigenvalue weighted by Crippen LogP contribution is 2.37. The van der Waals surface area contributed by atoms with Crippen molar-refractivity contribution in [3.8, 4) is 0 Å². The lowest BCUT2D eigenvalue weighted by Gasteiger charge is -2.09. The van der Waals surface area contributed by atoms with Crippen LogP contribution in [0.5, 0.6) is 0 Å². The normalized spacial score (nSPS) is 15.3. The van der Waals surface area contributed by atoms with Crippen molar-refractivity contribution in [1.82, 2.24) is 25.2 Å². The van der Waals surface area contributed by atoms with Crippen LogP contribution in [0, 0.1) is 13.8 Å². The number of H-pyrrole nitrogens is 1. The van der Waals surface area contributed by atoms with Gasteiger partial charge in [0.05, 0.1) is 29.7 Å². The van der Waals surface area contributed by atoms with Crippen molar-refractivity contribution in [3.05, 3.63) is 22.5 Å². The third kappa shape index (κ3) is 2.95. The molecule has 9 heteroatoms. The third-order valence-corrected chi connectivity index (χ3v) is 5.13. The summed E-state index contributed by atoms with van der Waals surface area (Å²) in [6, 6.07) is 0.352. The minimum atomic E-state index is -0.446. The smallest absolute Gasteiger partial charge is 0.339 e. The third-order valence-electron chi connectivity index (χ3n) is 4.08. The molecule has 24 heavy (non-hydrogen) atoms. The van der Waals surface area contributed by atoms with E-state index in [1.807, 2.05) is 6.92 Å². The number of hydrogen-bond acceptors (Lipinski definition) is 7. The number of carbonyl (C=O) groups is 2. The lowest BCUT2D eigenvalue weighted by molar-refractivity contribution is 0.0599. The molecule has 3 rings (SSSR count). The van der Waals surface area contributed by atoms with Crippen LogP contribution in [0.25, 0.3) is 0 Å². The highest BCUT2D eigenvalue weighted by atomic mass is 32.2. The first-order valence-electron chi connectivity index (χ1n) is 7.70. The standard InChI is InChI=1S/C15H19N5O3S/c1-7-11(14(22)23-4)8(2)16-12(7)13(21)9(3)24-15-17-18-19-20(15)10-5-6-10/h9-10,16H,5-6H2,1-4H3/t9-/m1/s1. The highest BCUT2D eigenvalue weighted by Gasteiger charge is 2.31. The molecule has 1 aliphatic rings. The Bertz CT molecular complexity index is 793. The summed E-state index contributed by atoms with van der Waals surface area (Å²) in [6.07, 6.45) is 2.14. The van der Waals surface area contributed by atoms with Crippen molar-refractivity contribution >= 4 is 23.5 Å². The second-order valence-electron chi connectivity index (χ2n) is 5.88. The number of aromatic amines is 1. The minimum absolute atomic E-state index is 0.0962. The van der Waals surface area contributed by atoms with Gasteiger partial charge in [0, 0.05) is 5.69 Å². The number of nitrogens with one attached hydrogen (secondary N) is 1. The van der Waals surface area contributed by atoms with E-state index in [1.54, 1.807) is 18.5 Å². The second kappa shape index (κ2) is 6.39. The molecule has 0 bridgehead atoms. The van der Waals surface area contributed by atoms with E-state index < -0.39 is 5.97 Å². The molecule has 0 saturated heterocycles. The van der Waals surface area contributed by atoms with Gasteiger partial charge in [-0.05, 0) is 49.6 Å². The van der Waals surface area contributed by atoms with Crippen LogP contribution < -0.4 is 0 Å². The number of thioether (sulfide) groups is 1. The second-order valence-corrected chi connectivity index (χ2v) is 7.19. The van der Waals surface area contributed by atoms with Crippen LogP contribution >= 0.6 is 11.8 Å². The van der Waals surface area contributed by atoms with Crippen LogP contribution in [0.2, 0.25) is 0 Å². The molecule has 0 aromatic carbocycles. The lowest BCUT2D eigenvalue weighted by Crippen LogP contribution is -2.16. The monoisotopic (exact) mass is 349 g/mol. The number of hydrogen-bond donors (Lipinski definition) is 1. The first kappa shape index (κ1) is 16.7. The van der Waals surface area contributed by atoms with Crippen LogP contribution in [-0.4, -0.2) is 49.3 Å². The van der Waals surface area contributed by atoms with Crippen LogP contribution in [0.3, 0.4) is 0 Å². The van der Waals surface area contributed by atoms with E-state index in [2.05, 4.69) is 20.5 Å². The summed E-state index contributed by atoms with van der Waals surface area (Å²) in [6.45, 7) is 5.31. The molecule has 1 fully saturated rings. The molecule has 1 aliphatic carbocycles. The Labute approximate surface area is 143 Å². The largest absolute Gasteiger partial charge is 0.465 e. The van der Waals surface area contributed by atoms with Gasteiger partial charge in [0.25, 0.3) is 0 Å². The maximum atomic E-state index is 12.8. The number of aryl methyl sites for hydroxylation is 1. The van der Waals surface area contributed by atoms with Crippen LogP contribution in [-0.2, 0) is 4.74 Å². The zero-order valence-electron chi connectivity index (χ0n) is 14.0. The molecular weight excluding hydrogens is 330 g/mol. The minimum Gasteiger partial charge on any atom is -0.465 e. The lowest BCUT2D eigenvalue weighted by atomic mass is 10.1. The number of Topliss-reactive ketones (excluding diaryl/α,β-unsaturated/α-hetero) is 1. The van der Waals surface area contributed by atoms with Crippen LogP contribution in [0.1, 0.15) is 57.9 Å². The van der Waals surface area contributed by atoms with E-state index in [0.717, 1.165) is 12.8 Å². The fourth-order valence-electron chi connectivity index (χ4n) is 2.63. The summed E-state index contributed by atoms with van der Waals surface area (Å²) >= 11 is 1.33. The molecule has 128 valence electrons. The number of esters is 1. The topological polar surface area (TPSA) is 103 Å². The average molecular weight is 349 g/mol. The van der Waals surface area contributed by atoms with Gasteiger partial charge in [-0.25, -0.2) is 9.48 Å². The van der Waals surface area contributed by atoms with E-state index >= 15 is 0 Å². The van der Waals surface area contributed by atoms with Crippen molar-refractivity contribution in [3.63, 3.8) is 0 Å². The summed E-state index contributed by atoms with van der Waals surface area (Å²) < 4.78 is 6.56. The molecule has 0 aliphatic heterocycles. The predicted molar refractivity (Wildman–Crippen MR) is 87.3 cm³/mol. The molecule has 1 saturated carbocycles. The van der Waals surface area contributed by atoms with E-state index in [-0.39, 0.29) is 11.0 Å². The van der Waals surface area contributed by atoms with Crippen LogP contribution in [0.15, 0.2) is 5.16 Å². The number of nitrogens with zero attached hydrogens (tertiary/aromatic N) is 4. The summed E-state index contributed by atoms with van der Waals surface area (Å²) in [5, 5.41) is 12.0. The molecule has 2 aromatic heterocycles. The highest BCUT2D eigenvalue weighted by molar-refractivity contribution is 8.00. The Hall–Kier alpha value is -2.16. The summed E-state index contributed by atoms with van der Waals surface area (Å²) in [5.41, 5.74) is 2.08. The van der Waals surface area contributed by atoms with Gasteiger partial charge in [-0.1, -0.05) is 11.8 Å². The zero-order chi connectivity index (χ0) is 17.4. The number of rotatable bonds is 6. The van der Waals surface area contributed by atoms with Crippen molar-refractivity contribution in [2.75, 3.05) is 7.11 Å². The van der Waals surface area contributed by atoms with Gasteiger partial charge in [0.2, 0.25) is 5.16 Å². The Morgan fingerprint density at radius 1 is 1.38 bits per heavy atom. The molecule has 2 aromatic rings. The predicted octanol–water partition coefficient (Wildman–Crippen LogP) is 2.10. The summed E-state index contributed by atoms with van der Waals surface area (Å²) in [4.78, 5) is 27.7. The zero-order valence-corrected chi connectivity index (χ0v) is 14.8. The van der Waals surface area contributed by atoms with Crippen molar-refractivity contribution in [2.45, 2.75) is 50.1 Å². The van der Waals surface area contributed by atoms with Gasteiger partial charge in [-0.15, -0.1) is 5.10 Å². The Morgan fingerprint density at radius 3 is 2.71 bits per heavy atom. The Kier molecular flexibility index (Phi) is 4.44. The maximum Gasteiger partial charge on any atom is 0.339 e. The number of tetrazole rings is 1. The molecule has 0 amide bonds. The van der Waals surface area contributed by atoms with Gasteiger partial charge in [0.1, 0.15) is 0 Å². The average Bonchev–Trinajstić information content (AvgIpc) is 3.23. The van der Waals surface area contributed by atoms with Gasteiger partial charge >= 0.3 is 5.97 Å². The number of aromatic nitrogens is 5. The van der Waals surface area contributed by atoms with E-state index in [9.17, 15) is 9.59 Å². The van der Waals surface area contributed by atoms with Crippen molar-refractivity contribution in [2.24, 2.45) is 0 Å². The number of methoxy groups -OCH3 is 1. The fraction of sp³-hybridized carbons (Fsp3) is 0.533. The molecule has 1 N–H and O–H groups in total. The SMILES string of the molecule is COC(=O)c1c(C)[nH]c(C(=O)[C@@H](C)Sc2nnnn2C2CC2)c1C. The van der Waals surface area contributed by atoms with Gasteiger partial charge in [0.15, 0.2) is 5.78 Å². The number of carbonyl (C=O) groups excluding carboxylic acids is 2. The molecule has 0 spiro atoms. The summed E-state index contributed by atoms with van der Waals surface area (Å²) in [5.74, 6) is -0.542. The molecule has 0 radical (unpaired) electrons. The fourth-order valence-corrected chi connectivity index (χ4v) is 3.55. The summed E-state index contributed by atoms with van der Waals surface area (Å²) in [7, 11) is 1.33. The van der Waals surface area contributed by atoms with Crippen LogP contribution in [0.4, 0.5) is 0 Å². The molecule has 1 atom stereocenters. The molecular formula is C15H19N5O3S. The first-order valence-corrected chi connectivity index (χ1v) is 8.58. The first-order chi connectivity index (χ1) is 11.4. The quantitative estimate of drug-likeness (QED) is 0.484. The van der Waals surface area contributed by atoms with E-state index in [1.165, 1.54) is 18.9 Å². The molecule has 0 unspecified atom stereocenters. The van der Waals surface area contributed by atoms with Gasteiger partial charge in [-0.2, -0.15) is 0 Å². The maximum absolute atomic E-state index is 12.8. The van der Waals surface area contributed by atoms with Gasteiger partial charge in [-0.3, -0.25) is 4.79 Å². The number of ether oxygens (including phenoxy) is 1. The van der Waals surface area contributed by atoms with E-state index in [0.29, 0.717) is 33.7 Å². The number of ketones is 1. The van der Waals surface area contributed by atoms with Crippen molar-refractivity contribution < 1.29 is 14.3 Å². The van der Waals surface area contributed by atoms with Crippen molar-refractivity contribution in [1.29, 1.82) is 0 Å². The Morgan fingerprint density at radius 2 is 2.08 bits per heavy atom. The van der Waals surface area contributed by atoms with Gasteiger partial charge < -0.3 is 9.72 Å². The Balaban J connectivity index is 1.81. The van der Waals surface area contributed by atoms with E-state index in [4.69, 9.17) is 4.74 Å². The molecule has 8 nitrogen and oxygen atoms in total.